The molecule has 24 heavy (non-hydrogen) atoms. The van der Waals surface area contributed by atoms with Crippen LogP contribution in [-0.2, 0) is 21.3 Å². The maximum atomic E-state index is 12.2. The summed E-state index contributed by atoms with van der Waals surface area (Å²) in [5.41, 5.74) is 1.79. The predicted octanol–water partition coefficient (Wildman–Crippen LogP) is 3.48. The largest absolute Gasteiger partial charge is 0.326 e. The molecule has 0 aromatic heterocycles. The third kappa shape index (κ3) is 6.91. The van der Waals surface area contributed by atoms with Crippen molar-refractivity contribution >= 4 is 34.8 Å². The molecule has 6 heteroatoms. The summed E-state index contributed by atoms with van der Waals surface area (Å²) in [5, 5.41) is 6.28. The van der Waals surface area contributed by atoms with Gasteiger partial charge in [-0.05, 0) is 70.3 Å². The van der Waals surface area contributed by atoms with E-state index in [1.54, 1.807) is 0 Å². The number of halogens is 1. The van der Waals surface area contributed by atoms with Crippen molar-refractivity contribution in [2.75, 3.05) is 18.4 Å². The number of hydrogen-bond donors (Lipinski definition) is 2. The standard InChI is InChI=1S/C18H28N2O2S.ClH/c1-18(2,3)23(22)13-15-5-4-6-16(11-15)20-17(21)8-7-14-9-10-19-12-14;/h4-6,11,14,19H,7-10,12-13H2,1-3H3,(H,20,21);1H. The third-order valence-electron chi connectivity index (χ3n) is 4.13. The van der Waals surface area contributed by atoms with E-state index >= 15 is 0 Å². The normalized spacial score (nSPS) is 18.7. The van der Waals surface area contributed by atoms with Gasteiger partial charge in [0.25, 0.3) is 0 Å². The SMILES string of the molecule is CC(C)(C)S(=O)Cc1cccc(NC(=O)CCC2CCNC2)c1.Cl. The van der Waals surface area contributed by atoms with Crippen molar-refractivity contribution in [1.82, 2.24) is 5.32 Å². The zero-order valence-electron chi connectivity index (χ0n) is 14.8. The van der Waals surface area contributed by atoms with E-state index in [9.17, 15) is 9.00 Å². The van der Waals surface area contributed by atoms with E-state index in [1.807, 2.05) is 45.0 Å². The summed E-state index contributed by atoms with van der Waals surface area (Å²) in [5.74, 6) is 1.20. The first-order valence-electron chi connectivity index (χ1n) is 8.32. The van der Waals surface area contributed by atoms with Crippen LogP contribution in [0.5, 0.6) is 0 Å². The molecule has 1 aliphatic rings. The van der Waals surface area contributed by atoms with Gasteiger partial charge in [0.2, 0.25) is 5.91 Å². The number of rotatable bonds is 6. The second-order valence-corrected chi connectivity index (χ2v) is 9.45. The van der Waals surface area contributed by atoms with Crippen LogP contribution in [0.15, 0.2) is 24.3 Å². The monoisotopic (exact) mass is 372 g/mol. The van der Waals surface area contributed by atoms with Crippen LogP contribution < -0.4 is 10.6 Å². The van der Waals surface area contributed by atoms with Gasteiger partial charge in [-0.25, -0.2) is 0 Å². The minimum absolute atomic E-state index is 0. The molecule has 2 rings (SSSR count). The number of benzene rings is 1. The Labute approximate surface area is 154 Å². The van der Waals surface area contributed by atoms with Crippen molar-refractivity contribution < 1.29 is 9.00 Å². The Hall–Kier alpha value is -0.910. The molecule has 1 fully saturated rings. The molecule has 0 radical (unpaired) electrons. The Balaban J connectivity index is 0.00000288. The van der Waals surface area contributed by atoms with E-state index in [2.05, 4.69) is 10.6 Å². The summed E-state index contributed by atoms with van der Waals surface area (Å²) in [7, 11) is -0.934. The first kappa shape index (κ1) is 21.1. The zero-order chi connectivity index (χ0) is 16.9. The average molecular weight is 373 g/mol. The summed E-state index contributed by atoms with van der Waals surface area (Å²) < 4.78 is 12.0. The quantitative estimate of drug-likeness (QED) is 0.803. The van der Waals surface area contributed by atoms with Gasteiger partial charge in [0.15, 0.2) is 0 Å². The Morgan fingerprint density at radius 1 is 1.38 bits per heavy atom. The van der Waals surface area contributed by atoms with Gasteiger partial charge in [-0.2, -0.15) is 0 Å². The second-order valence-electron chi connectivity index (χ2n) is 7.25. The zero-order valence-corrected chi connectivity index (χ0v) is 16.4. The highest BCUT2D eigenvalue weighted by Crippen LogP contribution is 2.19. The Kier molecular flexibility index (Phi) is 8.40. The number of anilines is 1. The van der Waals surface area contributed by atoms with E-state index in [1.165, 1.54) is 6.42 Å². The van der Waals surface area contributed by atoms with Crippen LogP contribution in [-0.4, -0.2) is 28.0 Å². The van der Waals surface area contributed by atoms with E-state index in [4.69, 9.17) is 0 Å². The molecular formula is C18H29ClN2O2S. The van der Waals surface area contributed by atoms with Crippen LogP contribution in [0.25, 0.3) is 0 Å². The lowest BCUT2D eigenvalue weighted by Crippen LogP contribution is -2.23. The minimum atomic E-state index is -0.934. The number of nitrogens with one attached hydrogen (secondary N) is 2. The lowest BCUT2D eigenvalue weighted by atomic mass is 10.0. The predicted molar refractivity (Wildman–Crippen MR) is 104 cm³/mol. The highest BCUT2D eigenvalue weighted by molar-refractivity contribution is 7.85. The van der Waals surface area contributed by atoms with Crippen LogP contribution in [0.4, 0.5) is 5.69 Å². The molecule has 1 amide bonds. The molecule has 2 atom stereocenters. The van der Waals surface area contributed by atoms with Crippen LogP contribution in [0, 0.1) is 5.92 Å². The maximum Gasteiger partial charge on any atom is 0.224 e. The van der Waals surface area contributed by atoms with Gasteiger partial charge in [-0.15, -0.1) is 12.4 Å². The number of hydrogen-bond acceptors (Lipinski definition) is 3. The summed E-state index contributed by atoms with van der Waals surface area (Å²) in [4.78, 5) is 12.1. The number of amides is 1. The number of carbonyl (C=O) groups excluding carboxylic acids is 1. The molecule has 0 bridgehead atoms. The molecule has 1 aromatic rings. The maximum absolute atomic E-state index is 12.2. The molecular weight excluding hydrogens is 344 g/mol. The molecule has 0 aliphatic carbocycles. The molecule has 2 N–H and O–H groups in total. The van der Waals surface area contributed by atoms with Gasteiger partial charge in [0.1, 0.15) is 0 Å². The van der Waals surface area contributed by atoms with Crippen molar-refractivity contribution in [3.05, 3.63) is 29.8 Å². The minimum Gasteiger partial charge on any atom is -0.326 e. The van der Waals surface area contributed by atoms with Gasteiger partial charge in [-0.1, -0.05) is 12.1 Å². The van der Waals surface area contributed by atoms with Crippen LogP contribution in [0.1, 0.15) is 45.6 Å². The van der Waals surface area contributed by atoms with E-state index in [-0.39, 0.29) is 23.1 Å². The van der Waals surface area contributed by atoms with Crippen molar-refractivity contribution in [2.24, 2.45) is 5.92 Å². The lowest BCUT2D eigenvalue weighted by molar-refractivity contribution is -0.116. The number of carbonyl (C=O) groups is 1. The summed E-state index contributed by atoms with van der Waals surface area (Å²) in [6.45, 7) is 8.03. The first-order chi connectivity index (χ1) is 10.8. The topological polar surface area (TPSA) is 58.2 Å². The first-order valence-corrected chi connectivity index (χ1v) is 9.64. The van der Waals surface area contributed by atoms with E-state index < -0.39 is 10.8 Å². The van der Waals surface area contributed by atoms with Gasteiger partial charge < -0.3 is 10.6 Å². The highest BCUT2D eigenvalue weighted by Gasteiger charge is 2.20. The molecule has 4 nitrogen and oxygen atoms in total. The summed E-state index contributed by atoms with van der Waals surface area (Å²) in [6, 6.07) is 7.69. The van der Waals surface area contributed by atoms with Crippen molar-refractivity contribution in [3.63, 3.8) is 0 Å². The highest BCUT2D eigenvalue weighted by atomic mass is 35.5. The Morgan fingerprint density at radius 2 is 2.12 bits per heavy atom. The Morgan fingerprint density at radius 3 is 2.75 bits per heavy atom. The van der Waals surface area contributed by atoms with Crippen molar-refractivity contribution in [3.8, 4) is 0 Å². The van der Waals surface area contributed by atoms with E-state index in [0.717, 1.165) is 30.8 Å². The van der Waals surface area contributed by atoms with Crippen LogP contribution in [0.2, 0.25) is 0 Å². The fourth-order valence-corrected chi connectivity index (χ4v) is 3.54. The van der Waals surface area contributed by atoms with Crippen molar-refractivity contribution in [1.29, 1.82) is 0 Å². The molecule has 1 saturated heterocycles. The molecule has 1 aromatic carbocycles. The van der Waals surface area contributed by atoms with E-state index in [0.29, 0.717) is 18.1 Å². The summed E-state index contributed by atoms with van der Waals surface area (Å²) in [6.07, 6.45) is 2.67. The fourth-order valence-electron chi connectivity index (χ4n) is 2.63. The smallest absolute Gasteiger partial charge is 0.224 e. The van der Waals surface area contributed by atoms with Crippen LogP contribution >= 0.6 is 12.4 Å². The molecule has 2 unspecified atom stereocenters. The molecule has 1 aliphatic heterocycles. The summed E-state index contributed by atoms with van der Waals surface area (Å²) >= 11 is 0. The molecule has 0 saturated carbocycles. The average Bonchev–Trinajstić information content (AvgIpc) is 2.98. The third-order valence-corrected chi connectivity index (χ3v) is 6.10. The lowest BCUT2D eigenvalue weighted by Gasteiger charge is -2.18. The van der Waals surface area contributed by atoms with Gasteiger partial charge in [0, 0.05) is 33.4 Å². The van der Waals surface area contributed by atoms with Gasteiger partial charge in [0.05, 0.1) is 0 Å². The van der Waals surface area contributed by atoms with Gasteiger partial charge in [-0.3, -0.25) is 9.00 Å². The van der Waals surface area contributed by atoms with Gasteiger partial charge >= 0.3 is 0 Å². The van der Waals surface area contributed by atoms with Crippen LogP contribution in [0.3, 0.4) is 0 Å². The second kappa shape index (κ2) is 9.54. The fraction of sp³-hybridized carbons (Fsp3) is 0.611. The molecule has 0 spiro atoms. The van der Waals surface area contributed by atoms with Crippen molar-refractivity contribution in [2.45, 2.75) is 50.5 Å². The molecule has 1 heterocycles. The Bertz CT molecular complexity index is 566. The molecule has 136 valence electrons.